The van der Waals surface area contributed by atoms with E-state index in [2.05, 4.69) is 20.9 Å². The number of carbonyl (C=O) groups excluding carboxylic acids is 1. The summed E-state index contributed by atoms with van der Waals surface area (Å²) in [5.74, 6) is 1.28. The molecule has 1 amide bonds. The second kappa shape index (κ2) is 7.32. The third-order valence-electron chi connectivity index (χ3n) is 5.19. The Hall–Kier alpha value is -2.99. The molecule has 2 aromatic carbocycles. The number of likely N-dealkylation sites (tertiary alicyclic amines) is 1. The molecule has 2 heterocycles. The van der Waals surface area contributed by atoms with Crippen molar-refractivity contribution in [1.29, 1.82) is 0 Å². The first kappa shape index (κ1) is 17.4. The van der Waals surface area contributed by atoms with Gasteiger partial charge < -0.3 is 10.6 Å². The van der Waals surface area contributed by atoms with Crippen LogP contribution in [0.3, 0.4) is 0 Å². The van der Waals surface area contributed by atoms with Crippen molar-refractivity contribution in [3.63, 3.8) is 0 Å². The number of hydrogen-bond donors (Lipinski definition) is 1. The lowest BCUT2D eigenvalue weighted by atomic mass is 10.1. The van der Waals surface area contributed by atoms with E-state index in [-0.39, 0.29) is 5.91 Å². The second-order valence-electron chi connectivity index (χ2n) is 7.07. The van der Waals surface area contributed by atoms with E-state index >= 15 is 0 Å². The zero-order chi connectivity index (χ0) is 18.8. The quantitative estimate of drug-likeness (QED) is 0.773. The molecule has 1 aliphatic rings. The molecule has 0 bridgehead atoms. The van der Waals surface area contributed by atoms with Gasteiger partial charge in [-0.15, -0.1) is 0 Å². The van der Waals surface area contributed by atoms with Crippen LogP contribution in [0.1, 0.15) is 22.6 Å². The van der Waals surface area contributed by atoms with Gasteiger partial charge in [-0.1, -0.05) is 30.3 Å². The van der Waals surface area contributed by atoms with Crippen molar-refractivity contribution in [2.45, 2.75) is 19.0 Å². The molecule has 0 radical (unpaired) electrons. The highest BCUT2D eigenvalue weighted by molar-refractivity contribution is 5.98. The number of aromatic nitrogens is 2. The molecule has 6 heteroatoms. The summed E-state index contributed by atoms with van der Waals surface area (Å²) in [6.45, 7) is 2.09. The van der Waals surface area contributed by atoms with Gasteiger partial charge in [-0.05, 0) is 42.4 Å². The molecule has 1 atom stereocenters. The van der Waals surface area contributed by atoms with E-state index < -0.39 is 0 Å². The number of carbonyl (C=O) groups is 1. The van der Waals surface area contributed by atoms with Crippen LogP contribution < -0.4 is 5.73 Å². The number of nitrogen functional groups attached to an aromatic ring is 1. The molecule has 0 saturated carbocycles. The van der Waals surface area contributed by atoms with Crippen LogP contribution in [0.15, 0.2) is 54.7 Å². The highest BCUT2D eigenvalue weighted by atomic mass is 16.2. The monoisotopic (exact) mass is 361 g/mol. The fourth-order valence-corrected chi connectivity index (χ4v) is 3.63. The summed E-state index contributed by atoms with van der Waals surface area (Å²) >= 11 is 0. The van der Waals surface area contributed by atoms with Crippen molar-refractivity contribution in [2.24, 2.45) is 0 Å². The Labute approximate surface area is 158 Å². The second-order valence-corrected chi connectivity index (χ2v) is 7.07. The third kappa shape index (κ3) is 3.75. The molecule has 0 aliphatic carbocycles. The van der Waals surface area contributed by atoms with Crippen molar-refractivity contribution < 1.29 is 4.79 Å². The van der Waals surface area contributed by atoms with Gasteiger partial charge in [-0.25, -0.2) is 9.97 Å². The molecule has 2 N–H and O–H groups in total. The summed E-state index contributed by atoms with van der Waals surface area (Å²) < 4.78 is 0. The summed E-state index contributed by atoms with van der Waals surface area (Å²) in [6, 6.07) is 16.0. The van der Waals surface area contributed by atoms with Crippen LogP contribution >= 0.6 is 0 Å². The number of anilines is 1. The maximum atomic E-state index is 12.9. The van der Waals surface area contributed by atoms with Crippen LogP contribution in [-0.2, 0) is 6.54 Å². The maximum absolute atomic E-state index is 12.9. The first-order valence-corrected chi connectivity index (χ1v) is 9.16. The molecule has 1 aromatic heterocycles. The Kier molecular flexibility index (Phi) is 4.73. The topological polar surface area (TPSA) is 75.4 Å². The van der Waals surface area contributed by atoms with Crippen molar-refractivity contribution in [1.82, 2.24) is 19.8 Å². The van der Waals surface area contributed by atoms with Crippen LogP contribution in [0.25, 0.3) is 10.8 Å². The van der Waals surface area contributed by atoms with E-state index in [1.165, 1.54) is 0 Å². The number of nitrogens with zero attached hydrogens (tertiary/aromatic N) is 4. The molecule has 0 spiro atoms. The first-order chi connectivity index (χ1) is 13.1. The summed E-state index contributed by atoms with van der Waals surface area (Å²) in [4.78, 5) is 25.6. The number of nitrogens with two attached hydrogens (primary N) is 1. The predicted octanol–water partition coefficient (Wildman–Crippen LogP) is 2.56. The van der Waals surface area contributed by atoms with E-state index in [9.17, 15) is 4.79 Å². The highest BCUT2D eigenvalue weighted by Crippen LogP contribution is 2.21. The Balaban J connectivity index is 1.42. The van der Waals surface area contributed by atoms with Gasteiger partial charge in [0.05, 0.1) is 6.54 Å². The van der Waals surface area contributed by atoms with Gasteiger partial charge >= 0.3 is 0 Å². The van der Waals surface area contributed by atoms with Crippen LogP contribution in [0.5, 0.6) is 0 Å². The van der Waals surface area contributed by atoms with Gasteiger partial charge in [0, 0.05) is 30.9 Å². The number of rotatable bonds is 4. The molecule has 138 valence electrons. The fourth-order valence-electron chi connectivity index (χ4n) is 3.63. The van der Waals surface area contributed by atoms with Crippen molar-refractivity contribution in [2.75, 3.05) is 25.9 Å². The molecule has 4 rings (SSSR count). The molecule has 6 nitrogen and oxygen atoms in total. The van der Waals surface area contributed by atoms with Gasteiger partial charge in [0.1, 0.15) is 11.6 Å². The molecule has 1 fully saturated rings. The first-order valence-electron chi connectivity index (χ1n) is 9.16. The molecule has 1 saturated heterocycles. The van der Waals surface area contributed by atoms with Gasteiger partial charge in [0.25, 0.3) is 5.91 Å². The number of amides is 1. The Morgan fingerprint density at radius 1 is 1.22 bits per heavy atom. The zero-order valence-electron chi connectivity index (χ0n) is 15.4. The summed E-state index contributed by atoms with van der Waals surface area (Å²) in [6.07, 6.45) is 2.62. The molecular weight excluding hydrogens is 338 g/mol. The van der Waals surface area contributed by atoms with Gasteiger partial charge in [-0.3, -0.25) is 9.69 Å². The van der Waals surface area contributed by atoms with E-state index in [0.29, 0.717) is 30.8 Å². The largest absolute Gasteiger partial charge is 0.384 e. The standard InChI is InChI=1S/C21H23N5O/c1-25(14-20-23-10-8-19(22)24-20)18-9-11-26(13-18)21(27)17-7-6-15-4-2-3-5-16(15)12-17/h2-8,10,12,18H,9,11,13-14H2,1H3,(H2,22,23,24)/t18-/m1/s1. The van der Waals surface area contributed by atoms with E-state index in [1.807, 2.05) is 48.3 Å². The number of benzene rings is 2. The average Bonchev–Trinajstić information content (AvgIpc) is 3.17. The molecular formula is C21H23N5O. The maximum Gasteiger partial charge on any atom is 0.253 e. The lowest BCUT2D eigenvalue weighted by Gasteiger charge is -2.24. The average molecular weight is 361 g/mol. The van der Waals surface area contributed by atoms with Crippen molar-refractivity contribution in [3.05, 3.63) is 66.1 Å². The zero-order valence-corrected chi connectivity index (χ0v) is 15.4. The van der Waals surface area contributed by atoms with Gasteiger partial charge in [0.15, 0.2) is 0 Å². The van der Waals surface area contributed by atoms with E-state index in [0.717, 1.165) is 29.3 Å². The van der Waals surface area contributed by atoms with Crippen LogP contribution in [-0.4, -0.2) is 51.9 Å². The van der Waals surface area contributed by atoms with Gasteiger partial charge in [-0.2, -0.15) is 0 Å². The Bertz CT molecular complexity index is 973. The van der Waals surface area contributed by atoms with Crippen molar-refractivity contribution >= 4 is 22.5 Å². The summed E-state index contributed by atoms with van der Waals surface area (Å²) in [5.41, 5.74) is 6.48. The third-order valence-corrected chi connectivity index (χ3v) is 5.19. The highest BCUT2D eigenvalue weighted by Gasteiger charge is 2.29. The summed E-state index contributed by atoms with van der Waals surface area (Å²) in [7, 11) is 2.04. The minimum Gasteiger partial charge on any atom is -0.384 e. The number of hydrogen-bond acceptors (Lipinski definition) is 5. The lowest BCUT2D eigenvalue weighted by molar-refractivity contribution is 0.0779. The molecule has 0 unspecified atom stereocenters. The Morgan fingerprint density at radius 2 is 2.04 bits per heavy atom. The molecule has 3 aromatic rings. The molecule has 27 heavy (non-hydrogen) atoms. The normalized spacial score (nSPS) is 17.0. The van der Waals surface area contributed by atoms with Crippen LogP contribution in [0.4, 0.5) is 5.82 Å². The number of likely N-dealkylation sites (N-methyl/N-ethyl adjacent to an activating group) is 1. The minimum atomic E-state index is 0.0943. The van der Waals surface area contributed by atoms with E-state index in [1.54, 1.807) is 12.3 Å². The minimum absolute atomic E-state index is 0.0943. The van der Waals surface area contributed by atoms with Crippen molar-refractivity contribution in [3.8, 4) is 0 Å². The van der Waals surface area contributed by atoms with Crippen LogP contribution in [0.2, 0.25) is 0 Å². The van der Waals surface area contributed by atoms with E-state index in [4.69, 9.17) is 5.73 Å². The predicted molar refractivity (Wildman–Crippen MR) is 106 cm³/mol. The van der Waals surface area contributed by atoms with Crippen LogP contribution in [0, 0.1) is 0 Å². The smallest absolute Gasteiger partial charge is 0.253 e. The molecule has 1 aliphatic heterocycles. The lowest BCUT2D eigenvalue weighted by Crippen LogP contribution is -2.36. The SMILES string of the molecule is CN(Cc1nccc(N)n1)[C@@H]1CCN(C(=O)c2ccc3ccccc3c2)C1. The number of fused-ring (bicyclic) bond motifs is 1. The fraction of sp³-hybridized carbons (Fsp3) is 0.286. The summed E-state index contributed by atoms with van der Waals surface area (Å²) in [5, 5.41) is 2.24. The Morgan fingerprint density at radius 3 is 2.85 bits per heavy atom. The van der Waals surface area contributed by atoms with Gasteiger partial charge in [0.2, 0.25) is 0 Å².